The molecule has 0 saturated heterocycles. The molecule has 0 fully saturated rings. The molecule has 3 aromatic rings. The first-order chi connectivity index (χ1) is 15.3. The summed E-state index contributed by atoms with van der Waals surface area (Å²) in [5.74, 6) is -0.357. The van der Waals surface area contributed by atoms with Crippen LogP contribution in [0.3, 0.4) is 0 Å². The van der Waals surface area contributed by atoms with E-state index >= 15 is 0 Å². The van der Waals surface area contributed by atoms with Crippen molar-refractivity contribution in [3.63, 3.8) is 0 Å². The Bertz CT molecular complexity index is 1160. The molecule has 0 aliphatic rings. The van der Waals surface area contributed by atoms with Gasteiger partial charge in [-0.1, -0.05) is 44.5 Å². The quantitative estimate of drug-likeness (QED) is 0.406. The Kier molecular flexibility index (Phi) is 6.84. The summed E-state index contributed by atoms with van der Waals surface area (Å²) >= 11 is 5.91. The molecule has 174 valence electrons. The number of urea groups is 1. The van der Waals surface area contributed by atoms with Gasteiger partial charge in [0.25, 0.3) is 0 Å². The minimum atomic E-state index is -0.904. The van der Waals surface area contributed by atoms with Gasteiger partial charge in [-0.15, -0.1) is 0 Å². The van der Waals surface area contributed by atoms with Crippen molar-refractivity contribution in [1.29, 1.82) is 0 Å². The maximum atomic E-state index is 12.7. The second kappa shape index (κ2) is 9.27. The predicted molar refractivity (Wildman–Crippen MR) is 131 cm³/mol. The van der Waals surface area contributed by atoms with Crippen molar-refractivity contribution in [2.75, 3.05) is 10.6 Å². The highest BCUT2D eigenvalue weighted by atomic mass is 35.5. The van der Waals surface area contributed by atoms with Crippen molar-refractivity contribution in [3.05, 3.63) is 70.9 Å². The van der Waals surface area contributed by atoms with E-state index in [1.807, 2.05) is 51.1 Å². The molecule has 3 rings (SSSR count). The fraction of sp³-hybridized carbons (Fsp3) is 0.320. The van der Waals surface area contributed by atoms with Gasteiger partial charge in [-0.25, -0.2) is 9.48 Å². The van der Waals surface area contributed by atoms with E-state index in [-0.39, 0.29) is 5.41 Å². The Balaban J connectivity index is 1.92. The van der Waals surface area contributed by atoms with E-state index in [2.05, 4.69) is 10.6 Å². The third-order valence-corrected chi connectivity index (χ3v) is 5.45. The molecular weight excluding hydrogens is 440 g/mol. The van der Waals surface area contributed by atoms with Crippen LogP contribution in [0.5, 0.6) is 0 Å². The lowest BCUT2D eigenvalue weighted by Crippen LogP contribution is -2.26. The number of aromatic nitrogens is 2. The molecule has 33 heavy (non-hydrogen) atoms. The van der Waals surface area contributed by atoms with Crippen LogP contribution in [0.2, 0.25) is 5.02 Å². The summed E-state index contributed by atoms with van der Waals surface area (Å²) in [5.41, 5.74) is 1.86. The van der Waals surface area contributed by atoms with E-state index in [1.165, 1.54) is 0 Å². The molecule has 0 unspecified atom stereocenters. The zero-order chi connectivity index (χ0) is 24.4. The van der Waals surface area contributed by atoms with E-state index in [0.29, 0.717) is 22.9 Å². The number of nitrogens with zero attached hydrogens (tertiary/aromatic N) is 2. The number of nitrogens with one attached hydrogen (secondary N) is 2. The fourth-order valence-corrected chi connectivity index (χ4v) is 3.36. The number of amides is 2. The molecule has 0 aliphatic heterocycles. The summed E-state index contributed by atoms with van der Waals surface area (Å²) in [6.45, 7) is 9.53. The first kappa shape index (κ1) is 24.3. The van der Waals surface area contributed by atoms with Gasteiger partial charge in [-0.2, -0.15) is 5.10 Å². The van der Waals surface area contributed by atoms with Gasteiger partial charge in [0, 0.05) is 22.2 Å². The van der Waals surface area contributed by atoms with E-state index in [4.69, 9.17) is 16.7 Å². The standard InChI is InChI=1S/C25H29ClN4O3/c1-24(2,3)20-14-21(28-23(33)27-18-11-9-17(26)10-12-18)30(29-20)19-8-6-7-16(13-19)15-25(4,5)22(31)32/h6-14H,15H2,1-5H3,(H,31,32)(H2,27,28,33). The van der Waals surface area contributed by atoms with Gasteiger partial charge < -0.3 is 10.4 Å². The van der Waals surface area contributed by atoms with Gasteiger partial charge in [0.15, 0.2) is 0 Å². The van der Waals surface area contributed by atoms with Gasteiger partial charge in [-0.05, 0) is 62.2 Å². The number of hydrogen-bond acceptors (Lipinski definition) is 3. The lowest BCUT2D eigenvalue weighted by Gasteiger charge is -2.19. The minimum absolute atomic E-state index is 0.239. The average molecular weight is 469 g/mol. The van der Waals surface area contributed by atoms with Crippen LogP contribution in [0.15, 0.2) is 54.6 Å². The average Bonchev–Trinajstić information content (AvgIpc) is 3.13. The number of benzene rings is 2. The zero-order valence-electron chi connectivity index (χ0n) is 19.4. The van der Waals surface area contributed by atoms with Crippen LogP contribution in [0, 0.1) is 5.41 Å². The number of anilines is 2. The molecule has 2 aromatic carbocycles. The first-order valence-electron chi connectivity index (χ1n) is 10.6. The van der Waals surface area contributed by atoms with Gasteiger partial charge in [-0.3, -0.25) is 10.1 Å². The van der Waals surface area contributed by atoms with E-state index in [1.54, 1.807) is 42.8 Å². The molecule has 7 nitrogen and oxygen atoms in total. The van der Waals surface area contributed by atoms with Crippen LogP contribution in [-0.2, 0) is 16.6 Å². The summed E-state index contributed by atoms with van der Waals surface area (Å²) in [5, 5.41) is 20.5. The number of halogens is 1. The minimum Gasteiger partial charge on any atom is -0.481 e. The van der Waals surface area contributed by atoms with Crippen molar-refractivity contribution in [2.45, 2.75) is 46.5 Å². The normalized spacial score (nSPS) is 11.8. The summed E-state index contributed by atoms with van der Waals surface area (Å²) in [4.78, 5) is 24.2. The number of carboxylic acid groups (broad SMARTS) is 1. The van der Waals surface area contributed by atoms with Crippen LogP contribution < -0.4 is 10.6 Å². The number of aliphatic carboxylic acids is 1. The van der Waals surface area contributed by atoms with E-state index in [9.17, 15) is 14.7 Å². The highest BCUT2D eigenvalue weighted by molar-refractivity contribution is 6.30. The predicted octanol–water partition coefficient (Wildman–Crippen LogP) is 6.12. The Morgan fingerprint density at radius 2 is 1.67 bits per heavy atom. The van der Waals surface area contributed by atoms with Crippen molar-refractivity contribution in [1.82, 2.24) is 9.78 Å². The molecule has 0 atom stereocenters. The van der Waals surface area contributed by atoms with Crippen molar-refractivity contribution in [3.8, 4) is 5.69 Å². The molecule has 0 spiro atoms. The third kappa shape index (κ3) is 6.14. The molecular formula is C25H29ClN4O3. The monoisotopic (exact) mass is 468 g/mol. The van der Waals surface area contributed by atoms with Crippen LogP contribution in [0.25, 0.3) is 5.69 Å². The number of rotatable bonds is 6. The number of hydrogen-bond donors (Lipinski definition) is 3. The van der Waals surface area contributed by atoms with Crippen molar-refractivity contribution >= 4 is 35.1 Å². The number of carboxylic acids is 1. The zero-order valence-corrected chi connectivity index (χ0v) is 20.2. The Morgan fingerprint density at radius 3 is 2.27 bits per heavy atom. The summed E-state index contributed by atoms with van der Waals surface area (Å²) < 4.78 is 1.67. The maximum Gasteiger partial charge on any atom is 0.324 e. The Hall–Kier alpha value is -3.32. The first-order valence-corrected chi connectivity index (χ1v) is 11.0. The molecule has 1 aromatic heterocycles. The van der Waals surface area contributed by atoms with Crippen LogP contribution in [0.1, 0.15) is 45.9 Å². The largest absolute Gasteiger partial charge is 0.481 e. The van der Waals surface area contributed by atoms with Gasteiger partial charge in [0.1, 0.15) is 5.82 Å². The fourth-order valence-electron chi connectivity index (χ4n) is 3.23. The topological polar surface area (TPSA) is 96.3 Å². The van der Waals surface area contributed by atoms with Crippen LogP contribution in [0.4, 0.5) is 16.3 Å². The lowest BCUT2D eigenvalue weighted by molar-refractivity contribution is -0.146. The molecule has 0 saturated carbocycles. The summed E-state index contributed by atoms with van der Waals surface area (Å²) in [6, 6.07) is 15.8. The molecule has 3 N–H and O–H groups in total. The van der Waals surface area contributed by atoms with Gasteiger partial charge >= 0.3 is 12.0 Å². The van der Waals surface area contributed by atoms with Gasteiger partial charge in [0.2, 0.25) is 0 Å². The molecule has 0 bridgehead atoms. The van der Waals surface area contributed by atoms with E-state index in [0.717, 1.165) is 16.9 Å². The Morgan fingerprint density at radius 1 is 1.00 bits per heavy atom. The second-order valence-electron chi connectivity index (χ2n) is 9.70. The molecule has 1 heterocycles. The maximum absolute atomic E-state index is 12.7. The highest BCUT2D eigenvalue weighted by Gasteiger charge is 2.28. The smallest absolute Gasteiger partial charge is 0.324 e. The molecule has 8 heteroatoms. The molecule has 2 amide bonds. The van der Waals surface area contributed by atoms with Crippen LogP contribution >= 0.6 is 11.6 Å². The second-order valence-corrected chi connectivity index (χ2v) is 10.1. The van der Waals surface area contributed by atoms with E-state index < -0.39 is 17.4 Å². The summed E-state index contributed by atoms with van der Waals surface area (Å²) in [6.07, 6.45) is 0.364. The van der Waals surface area contributed by atoms with Crippen molar-refractivity contribution in [2.24, 2.45) is 5.41 Å². The summed E-state index contributed by atoms with van der Waals surface area (Å²) in [7, 11) is 0. The lowest BCUT2D eigenvalue weighted by atomic mass is 9.86. The van der Waals surface area contributed by atoms with Crippen LogP contribution in [-0.4, -0.2) is 26.9 Å². The van der Waals surface area contributed by atoms with Crippen molar-refractivity contribution < 1.29 is 14.7 Å². The Labute approximate surface area is 198 Å². The number of carbonyl (C=O) groups is 2. The molecule has 0 aliphatic carbocycles. The molecule has 0 radical (unpaired) electrons. The number of carbonyl (C=O) groups excluding carboxylic acids is 1. The third-order valence-electron chi connectivity index (χ3n) is 5.20. The van der Waals surface area contributed by atoms with Gasteiger partial charge in [0.05, 0.1) is 16.8 Å². The SMILES string of the molecule is CC(C)(Cc1cccc(-n2nc(C(C)(C)C)cc2NC(=O)Nc2ccc(Cl)cc2)c1)C(=O)O. The highest BCUT2D eigenvalue weighted by Crippen LogP contribution is 2.28.